The van der Waals surface area contributed by atoms with E-state index in [0.29, 0.717) is 24.7 Å². The highest BCUT2D eigenvalue weighted by atomic mass is 19.1. The van der Waals surface area contributed by atoms with E-state index in [1.807, 2.05) is 42.5 Å². The molecule has 1 saturated heterocycles. The van der Waals surface area contributed by atoms with Crippen molar-refractivity contribution in [1.29, 1.82) is 0 Å². The summed E-state index contributed by atoms with van der Waals surface area (Å²) in [7, 11) is 0. The molecule has 7 rings (SSSR count). The van der Waals surface area contributed by atoms with Crippen molar-refractivity contribution in [1.82, 2.24) is 30.1 Å². The standard InChI is InChI=1S/C28H22FN7O/c29-20-11-18(12-21(14-20)36-7-9-37-10-8-36)22-4-1-5-24-25(22)33-28(32-24)26-23-13-19(16-31-27(23)35-34-26)17-3-2-6-30-15-17/h1-6,11-16H,7-10H2,(H,32,33)(H,31,34,35). The first-order chi connectivity index (χ1) is 18.2. The molecule has 0 amide bonds. The van der Waals surface area contributed by atoms with Crippen LogP contribution in [-0.2, 0) is 4.74 Å². The highest BCUT2D eigenvalue weighted by Gasteiger charge is 2.18. The third-order valence-electron chi connectivity index (χ3n) is 6.72. The van der Waals surface area contributed by atoms with Crippen LogP contribution < -0.4 is 4.90 Å². The van der Waals surface area contributed by atoms with Crippen LogP contribution in [0.5, 0.6) is 0 Å². The number of hydrogen-bond donors (Lipinski definition) is 2. The molecule has 8 nitrogen and oxygen atoms in total. The Balaban J connectivity index is 1.33. The first-order valence-corrected chi connectivity index (χ1v) is 12.1. The van der Waals surface area contributed by atoms with E-state index in [2.05, 4.69) is 30.0 Å². The Bertz CT molecular complexity index is 1740. The Morgan fingerprint density at radius 1 is 0.919 bits per heavy atom. The van der Waals surface area contributed by atoms with Crippen molar-refractivity contribution < 1.29 is 9.13 Å². The maximum absolute atomic E-state index is 14.7. The van der Waals surface area contributed by atoms with Crippen molar-refractivity contribution in [3.63, 3.8) is 0 Å². The minimum absolute atomic E-state index is 0.277. The molecule has 2 N–H and O–H groups in total. The monoisotopic (exact) mass is 491 g/mol. The molecule has 0 radical (unpaired) electrons. The summed E-state index contributed by atoms with van der Waals surface area (Å²) in [6.45, 7) is 2.75. The molecular weight excluding hydrogens is 469 g/mol. The Morgan fingerprint density at radius 3 is 2.70 bits per heavy atom. The summed E-state index contributed by atoms with van der Waals surface area (Å²) in [5, 5.41) is 8.32. The molecule has 5 heterocycles. The Hall–Kier alpha value is -4.63. The molecule has 0 atom stereocenters. The van der Waals surface area contributed by atoms with E-state index in [9.17, 15) is 4.39 Å². The minimum Gasteiger partial charge on any atom is -0.378 e. The lowest BCUT2D eigenvalue weighted by Gasteiger charge is -2.29. The van der Waals surface area contributed by atoms with E-state index in [0.717, 1.165) is 63.1 Å². The number of imidazole rings is 1. The van der Waals surface area contributed by atoms with Gasteiger partial charge < -0.3 is 14.6 Å². The van der Waals surface area contributed by atoms with Gasteiger partial charge in [0.15, 0.2) is 11.5 Å². The number of nitrogens with zero attached hydrogens (tertiary/aromatic N) is 5. The summed E-state index contributed by atoms with van der Waals surface area (Å²) in [6.07, 6.45) is 5.34. The van der Waals surface area contributed by atoms with Crippen LogP contribution in [0.3, 0.4) is 0 Å². The maximum atomic E-state index is 14.7. The number of nitrogens with one attached hydrogen (secondary N) is 2. The fourth-order valence-electron chi connectivity index (χ4n) is 4.89. The molecule has 37 heavy (non-hydrogen) atoms. The van der Waals surface area contributed by atoms with Crippen LogP contribution in [0, 0.1) is 5.82 Å². The van der Waals surface area contributed by atoms with Crippen molar-refractivity contribution in [2.24, 2.45) is 0 Å². The molecule has 1 aliphatic rings. The number of para-hydroxylation sites is 1. The van der Waals surface area contributed by atoms with Crippen LogP contribution >= 0.6 is 0 Å². The number of anilines is 1. The van der Waals surface area contributed by atoms with Gasteiger partial charge in [0, 0.05) is 54.1 Å². The topological polar surface area (TPSA) is 95.6 Å². The molecule has 6 aromatic rings. The number of aromatic amines is 2. The second-order valence-corrected chi connectivity index (χ2v) is 9.02. The lowest BCUT2D eigenvalue weighted by molar-refractivity contribution is 0.122. The second-order valence-electron chi connectivity index (χ2n) is 9.02. The summed E-state index contributed by atoms with van der Waals surface area (Å²) in [4.78, 5) is 19.2. The zero-order chi connectivity index (χ0) is 24.8. The number of ether oxygens (including phenoxy) is 1. The first kappa shape index (κ1) is 21.6. The summed E-state index contributed by atoms with van der Waals surface area (Å²) >= 11 is 0. The van der Waals surface area contributed by atoms with E-state index in [4.69, 9.17) is 9.72 Å². The quantitative estimate of drug-likeness (QED) is 0.352. The molecule has 0 aliphatic carbocycles. The van der Waals surface area contributed by atoms with Crippen LogP contribution in [0.25, 0.3) is 55.8 Å². The van der Waals surface area contributed by atoms with Crippen molar-refractivity contribution in [3.8, 4) is 33.8 Å². The molecule has 0 bridgehead atoms. The molecule has 182 valence electrons. The van der Waals surface area contributed by atoms with Crippen LogP contribution in [0.15, 0.2) is 73.2 Å². The Labute approximate surface area is 211 Å². The van der Waals surface area contributed by atoms with Gasteiger partial charge in [-0.2, -0.15) is 5.10 Å². The number of morpholine rings is 1. The van der Waals surface area contributed by atoms with E-state index >= 15 is 0 Å². The van der Waals surface area contributed by atoms with Gasteiger partial charge in [0.05, 0.1) is 29.6 Å². The zero-order valence-corrected chi connectivity index (χ0v) is 19.8. The number of fused-ring (bicyclic) bond motifs is 2. The highest BCUT2D eigenvalue weighted by Crippen LogP contribution is 2.34. The van der Waals surface area contributed by atoms with E-state index in [1.165, 1.54) is 0 Å². The number of rotatable bonds is 4. The highest BCUT2D eigenvalue weighted by molar-refractivity contribution is 5.97. The lowest BCUT2D eigenvalue weighted by Crippen LogP contribution is -2.36. The van der Waals surface area contributed by atoms with Gasteiger partial charge in [-0.1, -0.05) is 18.2 Å². The number of pyridine rings is 2. The first-order valence-electron chi connectivity index (χ1n) is 12.1. The van der Waals surface area contributed by atoms with Crippen molar-refractivity contribution >= 4 is 27.8 Å². The molecule has 0 unspecified atom stereocenters. The van der Waals surface area contributed by atoms with Crippen molar-refractivity contribution in [2.75, 3.05) is 31.2 Å². The summed E-state index contributed by atoms with van der Waals surface area (Å²) in [5.41, 5.74) is 7.34. The molecular formula is C28H22FN7O. The minimum atomic E-state index is -0.277. The van der Waals surface area contributed by atoms with Crippen LogP contribution in [-0.4, -0.2) is 56.4 Å². The average molecular weight is 492 g/mol. The molecule has 9 heteroatoms. The summed E-state index contributed by atoms with van der Waals surface area (Å²) in [5.74, 6) is 0.361. The van der Waals surface area contributed by atoms with Crippen molar-refractivity contribution in [3.05, 3.63) is 79.0 Å². The molecule has 2 aromatic carbocycles. The van der Waals surface area contributed by atoms with E-state index < -0.39 is 0 Å². The molecule has 4 aromatic heterocycles. The third kappa shape index (κ3) is 3.89. The predicted octanol–water partition coefficient (Wildman–Crippen LogP) is 5.21. The number of aromatic nitrogens is 6. The van der Waals surface area contributed by atoms with E-state index in [-0.39, 0.29) is 5.82 Å². The van der Waals surface area contributed by atoms with Gasteiger partial charge >= 0.3 is 0 Å². The Kier molecular flexibility index (Phi) is 5.14. The second kappa shape index (κ2) is 8.79. The van der Waals surface area contributed by atoms with Crippen LogP contribution in [0.1, 0.15) is 0 Å². The zero-order valence-electron chi connectivity index (χ0n) is 19.8. The van der Waals surface area contributed by atoms with E-state index in [1.54, 1.807) is 30.7 Å². The fraction of sp³-hybridized carbons (Fsp3) is 0.143. The molecule has 0 spiro atoms. The van der Waals surface area contributed by atoms with Gasteiger partial charge in [0.2, 0.25) is 0 Å². The van der Waals surface area contributed by atoms with Crippen LogP contribution in [0.2, 0.25) is 0 Å². The fourth-order valence-corrected chi connectivity index (χ4v) is 4.89. The third-order valence-corrected chi connectivity index (χ3v) is 6.72. The number of hydrogen-bond acceptors (Lipinski definition) is 6. The molecule has 0 saturated carbocycles. The smallest absolute Gasteiger partial charge is 0.181 e. The van der Waals surface area contributed by atoms with Crippen LogP contribution in [0.4, 0.5) is 10.1 Å². The normalized spacial score (nSPS) is 14.0. The molecule has 1 aliphatic heterocycles. The maximum Gasteiger partial charge on any atom is 0.181 e. The van der Waals surface area contributed by atoms with Gasteiger partial charge in [0.25, 0.3) is 0 Å². The lowest BCUT2D eigenvalue weighted by atomic mass is 10.0. The Morgan fingerprint density at radius 2 is 1.84 bits per heavy atom. The predicted molar refractivity (Wildman–Crippen MR) is 141 cm³/mol. The van der Waals surface area contributed by atoms with Crippen molar-refractivity contribution in [2.45, 2.75) is 0 Å². The molecule has 1 fully saturated rings. The van der Waals surface area contributed by atoms with Gasteiger partial charge in [-0.25, -0.2) is 14.4 Å². The van der Waals surface area contributed by atoms with Gasteiger partial charge in [-0.15, -0.1) is 0 Å². The SMILES string of the molecule is Fc1cc(-c2cccc3[nH]c(-c4[nH]nc5ncc(-c6cccnc6)cc45)nc23)cc(N2CCOCC2)c1. The number of halogens is 1. The average Bonchev–Trinajstić information content (AvgIpc) is 3.57. The van der Waals surface area contributed by atoms with Gasteiger partial charge in [-0.05, 0) is 42.0 Å². The summed E-state index contributed by atoms with van der Waals surface area (Å²) < 4.78 is 20.2. The number of H-pyrrole nitrogens is 2. The summed E-state index contributed by atoms with van der Waals surface area (Å²) in [6, 6.07) is 17.0. The van der Waals surface area contributed by atoms with Gasteiger partial charge in [-0.3, -0.25) is 10.1 Å². The largest absolute Gasteiger partial charge is 0.378 e. The van der Waals surface area contributed by atoms with Gasteiger partial charge in [0.1, 0.15) is 11.5 Å². The number of benzene rings is 2.